The first kappa shape index (κ1) is 28.0. The zero-order chi connectivity index (χ0) is 29.3. The summed E-state index contributed by atoms with van der Waals surface area (Å²) in [5.41, 5.74) is 3.65. The third-order valence-electron chi connectivity index (χ3n) is 7.43. The molecule has 214 valence electrons. The number of nitrogens with one attached hydrogen (secondary N) is 2. The van der Waals surface area contributed by atoms with Crippen LogP contribution in [0.5, 0.6) is 5.75 Å². The Hall–Kier alpha value is -4.58. The van der Waals surface area contributed by atoms with Crippen LogP contribution in [0.4, 0.5) is 31.7 Å². The largest absolute Gasteiger partial charge is 0.433 e. The van der Waals surface area contributed by atoms with Crippen LogP contribution in [0.3, 0.4) is 0 Å². The molecule has 1 fully saturated rings. The van der Waals surface area contributed by atoms with E-state index in [1.54, 1.807) is 23.0 Å². The molecule has 2 aromatic heterocycles. The number of rotatable bonds is 8. The maximum Gasteiger partial charge on any atom is 0.387 e. The molecule has 1 saturated heterocycles. The number of likely N-dealkylation sites (N-methyl/N-ethyl adjacent to an activating group) is 1. The fraction of sp³-hybridized carbons (Fsp3) is 0.310. The number of amides is 1. The minimum absolute atomic E-state index is 0.0808. The van der Waals surface area contributed by atoms with Gasteiger partial charge in [-0.15, -0.1) is 0 Å². The fourth-order valence-electron chi connectivity index (χ4n) is 5.05. The number of piperazine rings is 1. The Kier molecular flexibility index (Phi) is 7.84. The molecular formula is C29H32F2N8O2. The van der Waals surface area contributed by atoms with Crippen molar-refractivity contribution in [3.8, 4) is 17.0 Å². The number of fused-ring (bicyclic) bond motifs is 1. The summed E-state index contributed by atoms with van der Waals surface area (Å²) >= 11 is 0. The Labute approximate surface area is 236 Å². The van der Waals surface area contributed by atoms with Crippen molar-refractivity contribution in [1.82, 2.24) is 24.6 Å². The van der Waals surface area contributed by atoms with Crippen molar-refractivity contribution in [3.05, 3.63) is 61.6 Å². The van der Waals surface area contributed by atoms with E-state index in [1.807, 2.05) is 25.2 Å². The third-order valence-corrected chi connectivity index (χ3v) is 7.43. The van der Waals surface area contributed by atoms with Gasteiger partial charge in [0.2, 0.25) is 5.91 Å². The molecule has 2 atom stereocenters. The molecule has 1 aliphatic rings. The molecule has 5 rings (SSSR count). The van der Waals surface area contributed by atoms with Gasteiger partial charge in [-0.05, 0) is 45.2 Å². The summed E-state index contributed by atoms with van der Waals surface area (Å²) < 4.78 is 33.9. The molecule has 0 unspecified atom stereocenters. The highest BCUT2D eigenvalue weighted by Gasteiger charge is 2.29. The van der Waals surface area contributed by atoms with Crippen LogP contribution >= 0.6 is 0 Å². The van der Waals surface area contributed by atoms with E-state index in [9.17, 15) is 13.6 Å². The van der Waals surface area contributed by atoms with Gasteiger partial charge in [-0.1, -0.05) is 12.6 Å². The Bertz CT molecular complexity index is 1580. The monoisotopic (exact) mass is 562 g/mol. The molecule has 0 saturated carbocycles. The first-order valence-electron chi connectivity index (χ1n) is 13.2. The van der Waals surface area contributed by atoms with Crippen LogP contribution in [-0.2, 0) is 11.8 Å². The van der Waals surface area contributed by atoms with Crippen molar-refractivity contribution in [3.63, 3.8) is 0 Å². The lowest BCUT2D eigenvalue weighted by Crippen LogP contribution is -2.55. The van der Waals surface area contributed by atoms with E-state index in [0.717, 1.165) is 22.5 Å². The Balaban J connectivity index is 1.53. The molecule has 0 spiro atoms. The number of aromatic nitrogens is 4. The first-order chi connectivity index (χ1) is 19.6. The molecule has 10 nitrogen and oxygen atoms in total. The van der Waals surface area contributed by atoms with Crippen molar-refractivity contribution in [1.29, 1.82) is 0 Å². The van der Waals surface area contributed by atoms with Crippen LogP contribution in [-0.4, -0.2) is 69.4 Å². The highest BCUT2D eigenvalue weighted by atomic mass is 19.3. The van der Waals surface area contributed by atoms with Crippen molar-refractivity contribution in [2.24, 2.45) is 7.05 Å². The predicted octanol–water partition coefficient (Wildman–Crippen LogP) is 5.03. The molecule has 1 aliphatic heterocycles. The zero-order valence-electron chi connectivity index (χ0n) is 23.3. The number of halogens is 2. The Morgan fingerprint density at radius 1 is 1.10 bits per heavy atom. The molecule has 0 radical (unpaired) electrons. The smallest absolute Gasteiger partial charge is 0.387 e. The summed E-state index contributed by atoms with van der Waals surface area (Å²) in [6, 6.07) is 11.1. The molecule has 0 bridgehead atoms. The molecule has 4 aromatic rings. The van der Waals surface area contributed by atoms with E-state index in [4.69, 9.17) is 4.74 Å². The maximum absolute atomic E-state index is 13.6. The van der Waals surface area contributed by atoms with Gasteiger partial charge in [-0.3, -0.25) is 14.4 Å². The van der Waals surface area contributed by atoms with E-state index in [-0.39, 0.29) is 23.5 Å². The lowest BCUT2D eigenvalue weighted by Gasteiger charge is -2.44. The number of ether oxygens (including phenoxy) is 1. The topological polar surface area (TPSA) is 100 Å². The number of aryl methyl sites for hydroxylation is 1. The number of hydrogen-bond acceptors (Lipinski definition) is 8. The Morgan fingerprint density at radius 3 is 2.56 bits per heavy atom. The van der Waals surface area contributed by atoms with Crippen molar-refractivity contribution in [2.45, 2.75) is 32.5 Å². The van der Waals surface area contributed by atoms with E-state index in [0.29, 0.717) is 36.0 Å². The van der Waals surface area contributed by atoms with Gasteiger partial charge >= 0.3 is 6.61 Å². The summed E-state index contributed by atoms with van der Waals surface area (Å²) in [5.74, 6) is -0.149. The second kappa shape index (κ2) is 11.5. The van der Waals surface area contributed by atoms with Crippen LogP contribution in [0.25, 0.3) is 22.2 Å². The third kappa shape index (κ3) is 5.97. The van der Waals surface area contributed by atoms with E-state index < -0.39 is 12.5 Å². The van der Waals surface area contributed by atoms with Gasteiger partial charge in [0.05, 0.1) is 34.5 Å². The van der Waals surface area contributed by atoms with Gasteiger partial charge in [0.1, 0.15) is 12.1 Å². The van der Waals surface area contributed by atoms with E-state index in [2.05, 4.69) is 63.0 Å². The number of hydrogen-bond donors (Lipinski definition) is 2. The van der Waals surface area contributed by atoms with Crippen molar-refractivity contribution < 1.29 is 18.3 Å². The van der Waals surface area contributed by atoms with Gasteiger partial charge < -0.3 is 20.3 Å². The zero-order valence-corrected chi connectivity index (χ0v) is 23.3. The van der Waals surface area contributed by atoms with E-state index >= 15 is 0 Å². The van der Waals surface area contributed by atoms with Gasteiger partial charge in [0, 0.05) is 55.3 Å². The standard InChI is InChI=1S/C29H32F2N8O2/c1-6-28(40)36-22-10-23(26(41-29(30)31)12-25(22)39-14-17(2)37(4)18(3)15-39)35-27-11-21(32-16-33-27)19-7-8-24-20(9-19)13-34-38(24)5/h6-13,16-18,29H,1,14-15H2,2-5H3,(H,36,40)(H,32,33,35)/t17-,18+. The SMILES string of the molecule is C=CC(=O)Nc1cc(Nc2cc(-c3ccc4c(cnn4C)c3)ncn2)c(OC(F)F)cc1N1C[C@@H](C)N(C)[C@@H](C)C1. The van der Waals surface area contributed by atoms with Gasteiger partial charge in [-0.2, -0.15) is 13.9 Å². The number of benzene rings is 2. The minimum atomic E-state index is -3.06. The summed E-state index contributed by atoms with van der Waals surface area (Å²) in [5, 5.41) is 11.1. The van der Waals surface area contributed by atoms with Crippen LogP contribution in [0, 0.1) is 0 Å². The normalized spacial score (nSPS) is 17.6. The van der Waals surface area contributed by atoms with Gasteiger partial charge in [0.25, 0.3) is 0 Å². The lowest BCUT2D eigenvalue weighted by molar-refractivity contribution is -0.111. The van der Waals surface area contributed by atoms with Crippen LogP contribution < -0.4 is 20.3 Å². The summed E-state index contributed by atoms with van der Waals surface area (Å²) in [6.45, 7) is 5.94. The number of alkyl halides is 2. The fourth-order valence-corrected chi connectivity index (χ4v) is 5.05. The van der Waals surface area contributed by atoms with Crippen LogP contribution in [0.2, 0.25) is 0 Å². The number of nitrogens with zero attached hydrogens (tertiary/aromatic N) is 6. The average molecular weight is 563 g/mol. The average Bonchev–Trinajstić information content (AvgIpc) is 3.32. The Morgan fingerprint density at radius 2 is 1.85 bits per heavy atom. The summed E-state index contributed by atoms with van der Waals surface area (Å²) in [7, 11) is 3.92. The molecule has 3 heterocycles. The van der Waals surface area contributed by atoms with Gasteiger partial charge in [-0.25, -0.2) is 9.97 Å². The van der Waals surface area contributed by atoms with Crippen molar-refractivity contribution >= 4 is 39.7 Å². The van der Waals surface area contributed by atoms with Crippen LogP contribution in [0.15, 0.2) is 61.6 Å². The first-order valence-corrected chi connectivity index (χ1v) is 13.2. The number of carbonyl (C=O) groups is 1. The quantitative estimate of drug-likeness (QED) is 0.289. The van der Waals surface area contributed by atoms with E-state index in [1.165, 1.54) is 12.4 Å². The molecule has 2 aromatic carbocycles. The van der Waals surface area contributed by atoms with Gasteiger partial charge in [0.15, 0.2) is 5.75 Å². The second-order valence-corrected chi connectivity index (χ2v) is 10.2. The summed E-state index contributed by atoms with van der Waals surface area (Å²) in [6.07, 6.45) is 4.32. The molecule has 41 heavy (non-hydrogen) atoms. The molecule has 12 heteroatoms. The lowest BCUT2D eigenvalue weighted by atomic mass is 10.1. The van der Waals surface area contributed by atoms with Crippen molar-refractivity contribution in [2.75, 3.05) is 35.7 Å². The van der Waals surface area contributed by atoms with Crippen LogP contribution in [0.1, 0.15) is 13.8 Å². The molecular weight excluding hydrogens is 530 g/mol. The number of anilines is 4. The summed E-state index contributed by atoms with van der Waals surface area (Å²) in [4.78, 5) is 25.4. The second-order valence-electron chi connectivity index (χ2n) is 10.2. The minimum Gasteiger partial charge on any atom is -0.433 e. The molecule has 2 N–H and O–H groups in total. The maximum atomic E-state index is 13.6. The highest BCUT2D eigenvalue weighted by molar-refractivity contribution is 6.02. The number of carbonyl (C=O) groups excluding carboxylic acids is 1. The predicted molar refractivity (Wildman–Crippen MR) is 156 cm³/mol. The highest BCUT2D eigenvalue weighted by Crippen LogP contribution is 2.40. The molecule has 1 amide bonds. The molecule has 0 aliphatic carbocycles.